The van der Waals surface area contributed by atoms with E-state index in [-0.39, 0.29) is 5.91 Å². The van der Waals surface area contributed by atoms with Crippen LogP contribution in [0.15, 0.2) is 30.3 Å². The molecule has 1 fully saturated rings. The number of hydrogen-bond donors (Lipinski definition) is 2. The molecular formula is C17H28N4O. The first-order chi connectivity index (χ1) is 10.8. The molecule has 5 heteroatoms. The van der Waals surface area contributed by atoms with Gasteiger partial charge in [-0.25, -0.2) is 0 Å². The van der Waals surface area contributed by atoms with Crippen molar-refractivity contribution in [1.29, 1.82) is 0 Å². The lowest BCUT2D eigenvalue weighted by Crippen LogP contribution is -2.49. The van der Waals surface area contributed by atoms with Gasteiger partial charge < -0.3 is 11.1 Å². The average Bonchev–Trinajstić information content (AvgIpc) is 2.54. The second-order valence-corrected chi connectivity index (χ2v) is 5.88. The highest BCUT2D eigenvalue weighted by Crippen LogP contribution is 2.08. The van der Waals surface area contributed by atoms with Crippen molar-refractivity contribution in [3.8, 4) is 0 Å². The Balaban J connectivity index is 1.61. The first-order valence-corrected chi connectivity index (χ1v) is 8.23. The third-order valence-electron chi connectivity index (χ3n) is 4.03. The van der Waals surface area contributed by atoms with Crippen molar-refractivity contribution < 1.29 is 4.79 Å². The van der Waals surface area contributed by atoms with Gasteiger partial charge >= 0.3 is 0 Å². The Morgan fingerprint density at radius 3 is 2.41 bits per heavy atom. The molecule has 0 aliphatic carbocycles. The fraction of sp³-hybridized carbons (Fsp3) is 0.588. The van der Waals surface area contributed by atoms with Gasteiger partial charge in [-0.3, -0.25) is 14.6 Å². The van der Waals surface area contributed by atoms with Gasteiger partial charge in [-0.2, -0.15) is 0 Å². The monoisotopic (exact) mass is 304 g/mol. The zero-order chi connectivity index (χ0) is 15.6. The van der Waals surface area contributed by atoms with Crippen molar-refractivity contribution in [2.75, 3.05) is 45.8 Å². The first kappa shape index (κ1) is 16.9. The molecule has 1 heterocycles. The molecule has 1 aromatic rings. The number of unbranched alkanes of at least 4 members (excludes halogenated alkanes) is 1. The highest BCUT2D eigenvalue weighted by Gasteiger charge is 2.18. The molecule has 3 N–H and O–H groups in total. The van der Waals surface area contributed by atoms with Crippen LogP contribution in [0.3, 0.4) is 0 Å². The van der Waals surface area contributed by atoms with E-state index in [0.717, 1.165) is 52.1 Å². The molecular weight excluding hydrogens is 276 g/mol. The molecule has 1 amide bonds. The molecule has 0 saturated carbocycles. The third-order valence-corrected chi connectivity index (χ3v) is 4.03. The summed E-state index contributed by atoms with van der Waals surface area (Å²) >= 11 is 0. The molecule has 2 rings (SSSR count). The summed E-state index contributed by atoms with van der Waals surface area (Å²) in [5.41, 5.74) is 6.79. The Morgan fingerprint density at radius 2 is 1.73 bits per heavy atom. The predicted molar refractivity (Wildman–Crippen MR) is 89.5 cm³/mol. The second kappa shape index (κ2) is 9.56. The lowest BCUT2D eigenvalue weighted by Gasteiger charge is -2.34. The summed E-state index contributed by atoms with van der Waals surface area (Å²) in [6, 6.07) is 10.6. The number of nitrogens with two attached hydrogens (primary N) is 1. The molecule has 0 aromatic heterocycles. The van der Waals surface area contributed by atoms with E-state index in [4.69, 9.17) is 5.73 Å². The molecule has 122 valence electrons. The van der Waals surface area contributed by atoms with Crippen molar-refractivity contribution in [3.05, 3.63) is 35.9 Å². The molecule has 0 radical (unpaired) electrons. The minimum Gasteiger partial charge on any atom is -0.355 e. The molecule has 0 atom stereocenters. The van der Waals surface area contributed by atoms with E-state index >= 15 is 0 Å². The minimum absolute atomic E-state index is 0.133. The molecule has 1 saturated heterocycles. The Morgan fingerprint density at radius 1 is 1.05 bits per heavy atom. The van der Waals surface area contributed by atoms with Gasteiger partial charge in [0.1, 0.15) is 0 Å². The standard InChI is InChI=1S/C17H28N4O/c18-8-4-5-9-19-17(22)15-21-12-10-20(11-13-21)14-16-6-2-1-3-7-16/h1-3,6-7H,4-5,8-15,18H2,(H,19,22). The van der Waals surface area contributed by atoms with Crippen molar-refractivity contribution in [1.82, 2.24) is 15.1 Å². The lowest BCUT2D eigenvalue weighted by atomic mass is 10.2. The van der Waals surface area contributed by atoms with Gasteiger partial charge in [0.25, 0.3) is 0 Å². The molecule has 0 unspecified atom stereocenters. The summed E-state index contributed by atoms with van der Waals surface area (Å²) in [7, 11) is 0. The van der Waals surface area contributed by atoms with Crippen molar-refractivity contribution in [2.45, 2.75) is 19.4 Å². The zero-order valence-electron chi connectivity index (χ0n) is 13.3. The molecule has 1 aliphatic rings. The number of nitrogens with zero attached hydrogens (tertiary/aromatic N) is 2. The molecule has 0 bridgehead atoms. The second-order valence-electron chi connectivity index (χ2n) is 5.88. The van der Waals surface area contributed by atoms with E-state index in [2.05, 4.69) is 39.4 Å². The Hall–Kier alpha value is -1.43. The summed E-state index contributed by atoms with van der Waals surface area (Å²) in [5, 5.41) is 2.97. The normalized spacial score (nSPS) is 16.6. The summed E-state index contributed by atoms with van der Waals surface area (Å²) in [6.07, 6.45) is 1.94. The summed E-state index contributed by atoms with van der Waals surface area (Å²) < 4.78 is 0. The molecule has 1 aromatic carbocycles. The summed E-state index contributed by atoms with van der Waals surface area (Å²) in [6.45, 7) is 6.92. The van der Waals surface area contributed by atoms with Crippen molar-refractivity contribution in [2.24, 2.45) is 5.73 Å². The van der Waals surface area contributed by atoms with Gasteiger partial charge in [-0.05, 0) is 24.9 Å². The number of rotatable bonds is 8. The highest BCUT2D eigenvalue weighted by molar-refractivity contribution is 5.77. The predicted octanol–water partition coefficient (Wildman–Crippen LogP) is 0.659. The van der Waals surface area contributed by atoms with Crippen LogP contribution in [0, 0.1) is 0 Å². The molecule has 22 heavy (non-hydrogen) atoms. The summed E-state index contributed by atoms with van der Waals surface area (Å²) in [5.74, 6) is 0.133. The van der Waals surface area contributed by atoms with Gasteiger partial charge in [0.05, 0.1) is 6.54 Å². The van der Waals surface area contributed by atoms with Crippen LogP contribution >= 0.6 is 0 Å². The lowest BCUT2D eigenvalue weighted by molar-refractivity contribution is -0.122. The minimum atomic E-state index is 0.133. The van der Waals surface area contributed by atoms with Crippen LogP contribution in [0.25, 0.3) is 0 Å². The smallest absolute Gasteiger partial charge is 0.234 e. The van der Waals surface area contributed by atoms with E-state index in [0.29, 0.717) is 13.1 Å². The van der Waals surface area contributed by atoms with E-state index in [9.17, 15) is 4.79 Å². The number of hydrogen-bond acceptors (Lipinski definition) is 4. The summed E-state index contributed by atoms with van der Waals surface area (Å²) in [4.78, 5) is 16.5. The highest BCUT2D eigenvalue weighted by atomic mass is 16.2. The number of nitrogens with one attached hydrogen (secondary N) is 1. The molecule has 5 nitrogen and oxygen atoms in total. The SMILES string of the molecule is NCCCCNC(=O)CN1CCN(Cc2ccccc2)CC1. The quantitative estimate of drug-likeness (QED) is 0.693. The zero-order valence-corrected chi connectivity index (χ0v) is 13.3. The Bertz CT molecular complexity index is 430. The van der Waals surface area contributed by atoms with Crippen molar-refractivity contribution >= 4 is 5.91 Å². The number of benzene rings is 1. The van der Waals surface area contributed by atoms with Crippen LogP contribution in [0.4, 0.5) is 0 Å². The van der Waals surface area contributed by atoms with Gasteiger partial charge in [0.15, 0.2) is 0 Å². The van der Waals surface area contributed by atoms with E-state index in [1.807, 2.05) is 6.07 Å². The number of carbonyl (C=O) groups excluding carboxylic acids is 1. The number of piperazine rings is 1. The van der Waals surface area contributed by atoms with Crippen molar-refractivity contribution in [3.63, 3.8) is 0 Å². The van der Waals surface area contributed by atoms with Crippen LogP contribution in [-0.4, -0.2) is 61.5 Å². The Kier molecular flexibility index (Phi) is 7.36. The van der Waals surface area contributed by atoms with Crippen LogP contribution in [0.2, 0.25) is 0 Å². The topological polar surface area (TPSA) is 61.6 Å². The van der Waals surface area contributed by atoms with Crippen LogP contribution in [0.1, 0.15) is 18.4 Å². The molecule has 0 spiro atoms. The largest absolute Gasteiger partial charge is 0.355 e. The van der Waals surface area contributed by atoms with E-state index in [1.165, 1.54) is 5.56 Å². The maximum Gasteiger partial charge on any atom is 0.234 e. The Labute approximate surface area is 133 Å². The van der Waals surface area contributed by atoms with E-state index in [1.54, 1.807) is 0 Å². The van der Waals surface area contributed by atoms with E-state index < -0.39 is 0 Å². The fourth-order valence-electron chi connectivity index (χ4n) is 2.70. The molecule has 1 aliphatic heterocycles. The van der Waals surface area contributed by atoms with Gasteiger partial charge in [0.2, 0.25) is 5.91 Å². The third kappa shape index (κ3) is 6.13. The maximum atomic E-state index is 11.8. The number of amides is 1. The van der Waals surface area contributed by atoms with Gasteiger partial charge in [-0.15, -0.1) is 0 Å². The first-order valence-electron chi connectivity index (χ1n) is 8.23. The van der Waals surface area contributed by atoms with Gasteiger partial charge in [-0.1, -0.05) is 30.3 Å². The fourth-order valence-corrected chi connectivity index (χ4v) is 2.70. The van der Waals surface area contributed by atoms with Crippen LogP contribution in [-0.2, 0) is 11.3 Å². The number of carbonyl (C=O) groups is 1. The van der Waals surface area contributed by atoms with Crippen LogP contribution in [0.5, 0.6) is 0 Å². The van der Waals surface area contributed by atoms with Gasteiger partial charge in [0, 0.05) is 39.3 Å². The maximum absolute atomic E-state index is 11.8. The average molecular weight is 304 g/mol. The van der Waals surface area contributed by atoms with Crippen LogP contribution < -0.4 is 11.1 Å².